The van der Waals surface area contributed by atoms with Gasteiger partial charge in [0.1, 0.15) is 5.75 Å². The number of nitrogens with one attached hydrogen (secondary N) is 1. The van der Waals surface area contributed by atoms with Crippen LogP contribution in [0.2, 0.25) is 0 Å². The van der Waals surface area contributed by atoms with E-state index in [0.717, 1.165) is 0 Å². The zero-order valence-electron chi connectivity index (χ0n) is 10.4. The lowest BCUT2D eigenvalue weighted by Gasteiger charge is -2.30. The Labute approximate surface area is 99.7 Å². The molecule has 0 amide bonds. The number of H-pyrrole nitrogens is 1. The third-order valence-electron chi connectivity index (χ3n) is 3.29. The number of aromatic hydroxyl groups is 1. The fourth-order valence-electron chi connectivity index (χ4n) is 2.50. The third-order valence-corrected chi connectivity index (χ3v) is 3.29. The van der Waals surface area contributed by atoms with Gasteiger partial charge in [0.2, 0.25) is 0 Å². The van der Waals surface area contributed by atoms with Gasteiger partial charge in [0.15, 0.2) is 5.78 Å². The minimum atomic E-state index is -0.283. The summed E-state index contributed by atoms with van der Waals surface area (Å²) in [7, 11) is 0. The van der Waals surface area contributed by atoms with Gasteiger partial charge in [-0.3, -0.25) is 9.59 Å². The number of aromatic amines is 1. The predicted molar refractivity (Wildman–Crippen MR) is 64.5 cm³/mol. The van der Waals surface area contributed by atoms with E-state index < -0.39 is 0 Å². The number of carbonyl (C=O) groups is 1. The molecule has 0 fully saturated rings. The van der Waals surface area contributed by atoms with Crippen LogP contribution in [-0.4, -0.2) is 15.9 Å². The number of ketones is 1. The molecule has 0 aliphatic heterocycles. The van der Waals surface area contributed by atoms with E-state index in [1.54, 1.807) is 6.92 Å². The van der Waals surface area contributed by atoms with E-state index >= 15 is 0 Å². The second-order valence-electron chi connectivity index (χ2n) is 5.43. The molecule has 0 saturated carbocycles. The Morgan fingerprint density at radius 2 is 1.94 bits per heavy atom. The molecule has 1 aromatic heterocycles. The summed E-state index contributed by atoms with van der Waals surface area (Å²) in [6.45, 7) is 5.75. The number of aromatic nitrogens is 1. The lowest BCUT2D eigenvalue weighted by Crippen LogP contribution is -2.31. The van der Waals surface area contributed by atoms with Crippen molar-refractivity contribution in [2.24, 2.45) is 5.41 Å². The molecule has 1 aliphatic carbocycles. The van der Waals surface area contributed by atoms with Crippen molar-refractivity contribution in [2.75, 3.05) is 0 Å². The zero-order valence-corrected chi connectivity index (χ0v) is 10.4. The van der Waals surface area contributed by atoms with Gasteiger partial charge >= 0.3 is 0 Å². The molecular formula is C13H17NO3. The van der Waals surface area contributed by atoms with Crippen molar-refractivity contribution in [1.29, 1.82) is 0 Å². The first-order valence-electron chi connectivity index (χ1n) is 5.86. The van der Waals surface area contributed by atoms with Crippen LogP contribution in [0.5, 0.6) is 5.75 Å². The van der Waals surface area contributed by atoms with Crippen molar-refractivity contribution >= 4 is 5.78 Å². The highest BCUT2D eigenvalue weighted by Gasteiger charge is 2.34. The van der Waals surface area contributed by atoms with Crippen molar-refractivity contribution in [3.63, 3.8) is 0 Å². The SMILES string of the molecule is CCc1c(O)c2c([nH]c1=O)CC(C)(C)CC2=O. The summed E-state index contributed by atoms with van der Waals surface area (Å²) < 4.78 is 0. The molecule has 1 heterocycles. The third kappa shape index (κ3) is 1.88. The van der Waals surface area contributed by atoms with E-state index in [1.165, 1.54) is 0 Å². The maximum Gasteiger partial charge on any atom is 0.255 e. The molecule has 4 heteroatoms. The highest BCUT2D eigenvalue weighted by molar-refractivity contribution is 6.01. The van der Waals surface area contributed by atoms with Gasteiger partial charge in [0.25, 0.3) is 5.56 Å². The van der Waals surface area contributed by atoms with Crippen LogP contribution in [0.4, 0.5) is 0 Å². The molecule has 1 aromatic rings. The maximum atomic E-state index is 12.0. The zero-order chi connectivity index (χ0) is 12.8. The monoisotopic (exact) mass is 235 g/mol. The van der Waals surface area contributed by atoms with Crippen molar-refractivity contribution in [3.8, 4) is 5.75 Å². The lowest BCUT2D eigenvalue weighted by atomic mass is 9.75. The molecule has 0 unspecified atom stereocenters. The second kappa shape index (κ2) is 3.72. The quantitative estimate of drug-likeness (QED) is 0.779. The van der Waals surface area contributed by atoms with Gasteiger partial charge in [0.05, 0.1) is 11.1 Å². The van der Waals surface area contributed by atoms with Crippen LogP contribution < -0.4 is 5.56 Å². The van der Waals surface area contributed by atoms with Crippen LogP contribution in [0.3, 0.4) is 0 Å². The van der Waals surface area contributed by atoms with Crippen molar-refractivity contribution in [1.82, 2.24) is 4.98 Å². The number of carbonyl (C=O) groups excluding carboxylic acids is 1. The van der Waals surface area contributed by atoms with Gasteiger partial charge in [-0.05, 0) is 18.3 Å². The number of Topliss-reactive ketones (excluding diaryl/α,β-unsaturated/α-hetero) is 1. The number of hydrogen-bond acceptors (Lipinski definition) is 3. The highest BCUT2D eigenvalue weighted by atomic mass is 16.3. The fourth-order valence-corrected chi connectivity index (χ4v) is 2.50. The normalized spacial score (nSPS) is 17.9. The second-order valence-corrected chi connectivity index (χ2v) is 5.43. The van der Waals surface area contributed by atoms with E-state index in [9.17, 15) is 14.7 Å². The van der Waals surface area contributed by atoms with Gasteiger partial charge in [0, 0.05) is 12.1 Å². The van der Waals surface area contributed by atoms with Crippen molar-refractivity contribution in [2.45, 2.75) is 40.0 Å². The van der Waals surface area contributed by atoms with Gasteiger partial charge in [-0.15, -0.1) is 0 Å². The highest BCUT2D eigenvalue weighted by Crippen LogP contribution is 2.37. The molecule has 0 radical (unpaired) electrons. The maximum absolute atomic E-state index is 12.0. The lowest BCUT2D eigenvalue weighted by molar-refractivity contribution is 0.0906. The Kier molecular flexibility index (Phi) is 2.60. The fraction of sp³-hybridized carbons (Fsp3) is 0.538. The van der Waals surface area contributed by atoms with E-state index in [-0.39, 0.29) is 22.5 Å². The average molecular weight is 235 g/mol. The minimum Gasteiger partial charge on any atom is -0.507 e. The van der Waals surface area contributed by atoms with Gasteiger partial charge in [-0.2, -0.15) is 0 Å². The molecule has 2 N–H and O–H groups in total. The molecule has 0 spiro atoms. The largest absolute Gasteiger partial charge is 0.507 e. The molecule has 1 aliphatic rings. The van der Waals surface area contributed by atoms with Crippen LogP contribution in [0.25, 0.3) is 0 Å². The van der Waals surface area contributed by atoms with Crippen LogP contribution in [0, 0.1) is 5.41 Å². The summed E-state index contributed by atoms with van der Waals surface area (Å²) >= 11 is 0. The molecule has 2 rings (SSSR count). The van der Waals surface area contributed by atoms with E-state index in [2.05, 4.69) is 4.98 Å². The van der Waals surface area contributed by atoms with Crippen LogP contribution in [0.15, 0.2) is 4.79 Å². The Hall–Kier alpha value is -1.58. The Balaban J connectivity index is 2.69. The first kappa shape index (κ1) is 11.9. The smallest absolute Gasteiger partial charge is 0.255 e. The molecule has 0 bridgehead atoms. The molecule has 17 heavy (non-hydrogen) atoms. The minimum absolute atomic E-state index is 0.0836. The van der Waals surface area contributed by atoms with E-state index in [1.807, 2.05) is 13.8 Å². The van der Waals surface area contributed by atoms with Gasteiger partial charge in [-0.1, -0.05) is 20.8 Å². The summed E-state index contributed by atoms with van der Waals surface area (Å²) in [5.74, 6) is -0.202. The molecule has 4 nitrogen and oxygen atoms in total. The topological polar surface area (TPSA) is 70.2 Å². The molecule has 0 atom stereocenters. The van der Waals surface area contributed by atoms with Gasteiger partial charge < -0.3 is 10.1 Å². The first-order valence-corrected chi connectivity index (χ1v) is 5.86. The molecule has 92 valence electrons. The number of fused-ring (bicyclic) bond motifs is 1. The van der Waals surface area contributed by atoms with Crippen LogP contribution >= 0.6 is 0 Å². The van der Waals surface area contributed by atoms with Crippen molar-refractivity contribution < 1.29 is 9.90 Å². The van der Waals surface area contributed by atoms with Crippen LogP contribution in [0.1, 0.15) is 48.8 Å². The molecular weight excluding hydrogens is 218 g/mol. The average Bonchev–Trinajstić information content (AvgIpc) is 2.14. The number of hydrogen-bond donors (Lipinski definition) is 2. The number of rotatable bonds is 1. The summed E-state index contributed by atoms with van der Waals surface area (Å²) in [6, 6.07) is 0. The number of pyridine rings is 1. The molecule has 0 saturated heterocycles. The van der Waals surface area contributed by atoms with Crippen LogP contribution in [-0.2, 0) is 12.8 Å². The summed E-state index contributed by atoms with van der Waals surface area (Å²) in [5.41, 5.74) is 0.755. The van der Waals surface area contributed by atoms with Gasteiger partial charge in [-0.25, -0.2) is 0 Å². The Morgan fingerprint density at radius 1 is 1.29 bits per heavy atom. The summed E-state index contributed by atoms with van der Waals surface area (Å²) in [4.78, 5) is 26.5. The first-order chi connectivity index (χ1) is 7.85. The van der Waals surface area contributed by atoms with E-state index in [4.69, 9.17) is 0 Å². The Bertz CT molecular complexity index is 540. The van der Waals surface area contributed by atoms with E-state index in [0.29, 0.717) is 36.1 Å². The Morgan fingerprint density at radius 3 is 2.53 bits per heavy atom. The summed E-state index contributed by atoms with van der Waals surface area (Å²) in [5, 5.41) is 10.0. The predicted octanol–water partition coefficient (Wildman–Crippen LogP) is 1.80. The van der Waals surface area contributed by atoms with Crippen molar-refractivity contribution in [3.05, 3.63) is 27.2 Å². The summed E-state index contributed by atoms with van der Waals surface area (Å²) in [6.07, 6.45) is 1.44. The standard InChI is InChI=1S/C13H17NO3/c1-4-7-11(16)10-8(14-12(7)17)5-13(2,3)6-9(10)15/h4-6H2,1-3H3,(H2,14,16,17). The molecule has 0 aromatic carbocycles.